The molecular formula is C8H8ClF2NO. The fourth-order valence-electron chi connectivity index (χ4n) is 1.00. The number of rotatable bonds is 2. The highest BCUT2D eigenvalue weighted by atomic mass is 35.5. The Morgan fingerprint density at radius 3 is 2.54 bits per heavy atom. The lowest BCUT2D eigenvalue weighted by Crippen LogP contribution is -1.96. The number of pyridine rings is 1. The first-order chi connectivity index (χ1) is 6.06. The lowest BCUT2D eigenvalue weighted by molar-refractivity contribution is 0.146. The zero-order valence-corrected chi connectivity index (χ0v) is 7.90. The van der Waals surface area contributed by atoms with E-state index >= 15 is 0 Å². The zero-order valence-electron chi connectivity index (χ0n) is 7.14. The highest BCUT2D eigenvalue weighted by Crippen LogP contribution is 2.29. The summed E-state index contributed by atoms with van der Waals surface area (Å²) >= 11 is 5.61. The van der Waals surface area contributed by atoms with Crippen LogP contribution in [0.2, 0.25) is 5.15 Å². The molecule has 2 nitrogen and oxygen atoms in total. The van der Waals surface area contributed by atoms with Crippen molar-refractivity contribution in [1.29, 1.82) is 0 Å². The van der Waals surface area contributed by atoms with Crippen LogP contribution in [0.15, 0.2) is 6.07 Å². The maximum atomic E-state index is 12.2. The van der Waals surface area contributed by atoms with Gasteiger partial charge in [-0.15, -0.1) is 0 Å². The molecule has 0 amide bonds. The van der Waals surface area contributed by atoms with Gasteiger partial charge in [-0.3, -0.25) is 0 Å². The van der Waals surface area contributed by atoms with E-state index in [9.17, 15) is 8.78 Å². The minimum Gasteiger partial charge on any atom is -0.493 e. The van der Waals surface area contributed by atoms with E-state index < -0.39 is 6.43 Å². The second-order valence-electron chi connectivity index (χ2n) is 2.49. The van der Waals surface area contributed by atoms with E-state index in [0.29, 0.717) is 11.3 Å². The van der Waals surface area contributed by atoms with Crippen LogP contribution in [0.25, 0.3) is 0 Å². The SMILES string of the molecule is COc1c(C)cc(C(F)F)nc1Cl. The molecule has 0 saturated carbocycles. The molecule has 0 spiro atoms. The van der Waals surface area contributed by atoms with Gasteiger partial charge in [0.1, 0.15) is 5.69 Å². The van der Waals surface area contributed by atoms with Gasteiger partial charge >= 0.3 is 0 Å². The lowest BCUT2D eigenvalue weighted by Gasteiger charge is -2.07. The van der Waals surface area contributed by atoms with Gasteiger partial charge in [-0.05, 0) is 18.6 Å². The number of aryl methyl sites for hydroxylation is 1. The van der Waals surface area contributed by atoms with Gasteiger partial charge < -0.3 is 4.74 Å². The fourth-order valence-corrected chi connectivity index (χ4v) is 1.33. The molecule has 0 radical (unpaired) electrons. The standard InChI is InChI=1S/C8H8ClF2NO/c1-4-3-5(8(10)11)12-7(9)6(4)13-2/h3,8H,1-2H3. The maximum absolute atomic E-state index is 12.2. The van der Waals surface area contributed by atoms with Crippen molar-refractivity contribution in [3.05, 3.63) is 22.5 Å². The molecule has 72 valence electrons. The van der Waals surface area contributed by atoms with Crippen LogP contribution in [0.4, 0.5) is 8.78 Å². The number of hydrogen-bond donors (Lipinski definition) is 0. The summed E-state index contributed by atoms with van der Waals surface area (Å²) in [7, 11) is 1.41. The topological polar surface area (TPSA) is 22.1 Å². The summed E-state index contributed by atoms with van der Waals surface area (Å²) in [5, 5.41) is -0.0298. The first-order valence-electron chi connectivity index (χ1n) is 3.55. The van der Waals surface area contributed by atoms with Gasteiger partial charge in [0.25, 0.3) is 6.43 Å². The predicted molar refractivity (Wildman–Crippen MR) is 45.5 cm³/mol. The highest BCUT2D eigenvalue weighted by molar-refractivity contribution is 6.30. The number of ether oxygens (including phenoxy) is 1. The van der Waals surface area contributed by atoms with Crippen molar-refractivity contribution in [3.8, 4) is 5.75 Å². The summed E-state index contributed by atoms with van der Waals surface area (Å²) < 4.78 is 29.3. The van der Waals surface area contributed by atoms with E-state index in [1.165, 1.54) is 13.2 Å². The fraction of sp³-hybridized carbons (Fsp3) is 0.375. The molecule has 0 fully saturated rings. The van der Waals surface area contributed by atoms with Crippen LogP contribution in [-0.2, 0) is 0 Å². The normalized spacial score (nSPS) is 10.6. The van der Waals surface area contributed by atoms with Gasteiger partial charge in [-0.2, -0.15) is 0 Å². The van der Waals surface area contributed by atoms with E-state index in [1.807, 2.05) is 0 Å². The molecule has 1 heterocycles. The number of hydrogen-bond acceptors (Lipinski definition) is 2. The Labute approximate surface area is 79.5 Å². The Morgan fingerprint density at radius 2 is 2.15 bits per heavy atom. The summed E-state index contributed by atoms with van der Waals surface area (Å²) in [6, 6.07) is 1.26. The van der Waals surface area contributed by atoms with Crippen LogP contribution in [0.1, 0.15) is 17.7 Å². The Balaban J connectivity index is 3.20. The Morgan fingerprint density at radius 1 is 1.54 bits per heavy atom. The number of methoxy groups -OCH3 is 1. The van der Waals surface area contributed by atoms with Crippen LogP contribution >= 0.6 is 11.6 Å². The Bertz CT molecular complexity index is 294. The molecule has 5 heteroatoms. The first-order valence-corrected chi connectivity index (χ1v) is 3.93. The van der Waals surface area contributed by atoms with Gasteiger partial charge in [-0.1, -0.05) is 11.6 Å². The molecule has 0 unspecified atom stereocenters. The third-order valence-corrected chi connectivity index (χ3v) is 1.82. The molecule has 0 saturated heterocycles. The molecule has 1 aromatic rings. The van der Waals surface area contributed by atoms with Crippen molar-refractivity contribution in [3.63, 3.8) is 0 Å². The van der Waals surface area contributed by atoms with E-state index in [0.717, 1.165) is 0 Å². The van der Waals surface area contributed by atoms with Crippen molar-refractivity contribution in [2.45, 2.75) is 13.3 Å². The molecular weight excluding hydrogens is 200 g/mol. The van der Waals surface area contributed by atoms with Crippen molar-refractivity contribution in [2.24, 2.45) is 0 Å². The molecule has 0 aliphatic rings. The summed E-state index contributed by atoms with van der Waals surface area (Å²) in [6.45, 7) is 1.64. The zero-order chi connectivity index (χ0) is 10.0. The average molecular weight is 208 g/mol. The van der Waals surface area contributed by atoms with E-state index in [-0.39, 0.29) is 10.8 Å². The quantitative estimate of drug-likeness (QED) is 0.696. The third kappa shape index (κ3) is 2.06. The van der Waals surface area contributed by atoms with E-state index in [4.69, 9.17) is 16.3 Å². The Hall–Kier alpha value is -0.900. The van der Waals surface area contributed by atoms with Crippen LogP contribution in [0, 0.1) is 6.92 Å². The summed E-state index contributed by atoms with van der Waals surface area (Å²) in [5.74, 6) is 0.339. The van der Waals surface area contributed by atoms with Crippen molar-refractivity contribution >= 4 is 11.6 Å². The smallest absolute Gasteiger partial charge is 0.280 e. The first kappa shape index (κ1) is 10.2. The summed E-state index contributed by atoms with van der Waals surface area (Å²) in [5.41, 5.74) is 0.223. The number of aromatic nitrogens is 1. The van der Waals surface area contributed by atoms with Gasteiger partial charge in [-0.25, -0.2) is 13.8 Å². The third-order valence-electron chi connectivity index (χ3n) is 1.56. The van der Waals surface area contributed by atoms with Gasteiger partial charge in [0.15, 0.2) is 10.9 Å². The van der Waals surface area contributed by atoms with Crippen LogP contribution in [-0.4, -0.2) is 12.1 Å². The maximum Gasteiger partial charge on any atom is 0.280 e. The molecule has 0 bridgehead atoms. The van der Waals surface area contributed by atoms with Crippen molar-refractivity contribution < 1.29 is 13.5 Å². The van der Waals surface area contributed by atoms with E-state index in [2.05, 4.69) is 4.98 Å². The number of nitrogens with zero attached hydrogens (tertiary/aromatic N) is 1. The number of halogens is 3. The second-order valence-corrected chi connectivity index (χ2v) is 2.85. The molecule has 13 heavy (non-hydrogen) atoms. The van der Waals surface area contributed by atoms with E-state index in [1.54, 1.807) is 6.92 Å². The lowest BCUT2D eigenvalue weighted by atomic mass is 10.2. The van der Waals surface area contributed by atoms with Crippen LogP contribution in [0.5, 0.6) is 5.75 Å². The molecule has 0 aliphatic heterocycles. The Kier molecular flexibility index (Phi) is 3.03. The average Bonchev–Trinajstić information content (AvgIpc) is 2.03. The molecule has 0 aromatic carbocycles. The molecule has 0 N–H and O–H groups in total. The molecule has 1 rings (SSSR count). The summed E-state index contributed by atoms with van der Waals surface area (Å²) in [6.07, 6.45) is -2.61. The van der Waals surface area contributed by atoms with Gasteiger partial charge in [0.2, 0.25) is 0 Å². The predicted octanol–water partition coefficient (Wildman–Crippen LogP) is 2.99. The number of alkyl halides is 2. The largest absolute Gasteiger partial charge is 0.493 e. The van der Waals surface area contributed by atoms with Gasteiger partial charge in [0.05, 0.1) is 7.11 Å². The monoisotopic (exact) mass is 207 g/mol. The minimum atomic E-state index is -2.61. The van der Waals surface area contributed by atoms with Crippen molar-refractivity contribution in [2.75, 3.05) is 7.11 Å². The van der Waals surface area contributed by atoms with Gasteiger partial charge in [0, 0.05) is 0 Å². The van der Waals surface area contributed by atoms with Crippen LogP contribution in [0.3, 0.4) is 0 Å². The second kappa shape index (κ2) is 3.87. The van der Waals surface area contributed by atoms with Crippen molar-refractivity contribution in [1.82, 2.24) is 4.98 Å². The van der Waals surface area contributed by atoms with Crippen LogP contribution < -0.4 is 4.74 Å². The molecule has 0 aliphatic carbocycles. The molecule has 0 atom stereocenters. The summed E-state index contributed by atoms with van der Waals surface area (Å²) in [4.78, 5) is 3.49. The minimum absolute atomic E-state index is 0.0298. The highest BCUT2D eigenvalue weighted by Gasteiger charge is 2.14. The molecule has 1 aromatic heterocycles.